The number of amides is 2. The molecule has 150 valence electrons. The van der Waals surface area contributed by atoms with E-state index in [1.165, 1.54) is 0 Å². The van der Waals surface area contributed by atoms with Gasteiger partial charge < -0.3 is 19.9 Å². The number of likely N-dealkylation sites (tertiary alicyclic amines) is 1. The maximum Gasteiger partial charge on any atom is 0.229 e. The van der Waals surface area contributed by atoms with E-state index in [4.69, 9.17) is 16.3 Å². The normalized spacial score (nSPS) is 16.4. The van der Waals surface area contributed by atoms with Gasteiger partial charge in [-0.25, -0.2) is 0 Å². The van der Waals surface area contributed by atoms with E-state index in [2.05, 4.69) is 10.3 Å². The lowest BCUT2D eigenvalue weighted by Crippen LogP contribution is -2.30. The molecule has 7 heteroatoms. The second-order valence-corrected chi connectivity index (χ2v) is 7.65. The molecule has 3 aromatic rings. The summed E-state index contributed by atoms with van der Waals surface area (Å²) in [7, 11) is 1.59. The van der Waals surface area contributed by atoms with Crippen molar-refractivity contribution < 1.29 is 14.3 Å². The average molecular weight is 412 g/mol. The van der Waals surface area contributed by atoms with Crippen LogP contribution in [0.4, 0.5) is 5.69 Å². The van der Waals surface area contributed by atoms with Gasteiger partial charge in [0.25, 0.3) is 0 Å². The minimum atomic E-state index is -0.345. The number of hydrogen-bond acceptors (Lipinski definition) is 3. The predicted molar refractivity (Wildman–Crippen MR) is 113 cm³/mol. The lowest BCUT2D eigenvalue weighted by Gasteiger charge is -2.16. The van der Waals surface area contributed by atoms with E-state index in [1.54, 1.807) is 36.3 Å². The lowest BCUT2D eigenvalue weighted by molar-refractivity contribution is -0.128. The van der Waals surface area contributed by atoms with Gasteiger partial charge in [0.2, 0.25) is 11.8 Å². The SMILES string of the molecule is COc1ccc(NC(=O)[C@@H]2CC(=O)N(CCc3c[nH]c4ccc(Cl)cc34)C2)cc1. The highest BCUT2D eigenvalue weighted by molar-refractivity contribution is 6.31. The summed E-state index contributed by atoms with van der Waals surface area (Å²) in [5, 5.41) is 4.64. The first kappa shape index (κ1) is 19.3. The fourth-order valence-corrected chi connectivity index (χ4v) is 3.87. The van der Waals surface area contributed by atoms with Crippen LogP contribution in [0, 0.1) is 5.92 Å². The molecule has 1 aliphatic rings. The summed E-state index contributed by atoms with van der Waals surface area (Å²) < 4.78 is 5.12. The summed E-state index contributed by atoms with van der Waals surface area (Å²) in [6, 6.07) is 12.9. The molecule has 0 bridgehead atoms. The Morgan fingerprint density at radius 3 is 2.83 bits per heavy atom. The number of halogens is 1. The second-order valence-electron chi connectivity index (χ2n) is 7.21. The van der Waals surface area contributed by atoms with Crippen molar-refractivity contribution in [2.24, 2.45) is 5.92 Å². The molecule has 1 aromatic heterocycles. The van der Waals surface area contributed by atoms with Gasteiger partial charge in [-0.2, -0.15) is 0 Å². The van der Waals surface area contributed by atoms with Crippen molar-refractivity contribution in [2.75, 3.05) is 25.5 Å². The number of methoxy groups -OCH3 is 1. The number of ether oxygens (including phenoxy) is 1. The van der Waals surface area contributed by atoms with E-state index in [0.717, 1.165) is 22.2 Å². The van der Waals surface area contributed by atoms with Crippen LogP contribution in [0.1, 0.15) is 12.0 Å². The van der Waals surface area contributed by atoms with Crippen LogP contribution in [0.15, 0.2) is 48.7 Å². The number of anilines is 1. The monoisotopic (exact) mass is 411 g/mol. The minimum absolute atomic E-state index is 0.0118. The molecule has 2 heterocycles. The molecule has 29 heavy (non-hydrogen) atoms. The first-order valence-electron chi connectivity index (χ1n) is 9.51. The smallest absolute Gasteiger partial charge is 0.229 e. The van der Waals surface area contributed by atoms with Crippen LogP contribution in [-0.4, -0.2) is 41.9 Å². The molecule has 2 aromatic carbocycles. The van der Waals surface area contributed by atoms with Crippen LogP contribution in [0.5, 0.6) is 5.75 Å². The van der Waals surface area contributed by atoms with Crippen LogP contribution >= 0.6 is 11.6 Å². The number of H-pyrrole nitrogens is 1. The molecule has 2 amide bonds. The summed E-state index contributed by atoms with van der Waals surface area (Å²) in [6.07, 6.45) is 2.90. The number of benzene rings is 2. The maximum atomic E-state index is 12.6. The third-order valence-electron chi connectivity index (χ3n) is 5.32. The number of carbonyl (C=O) groups excluding carboxylic acids is 2. The summed E-state index contributed by atoms with van der Waals surface area (Å²) in [5.41, 5.74) is 2.83. The van der Waals surface area contributed by atoms with Crippen molar-refractivity contribution in [3.05, 3.63) is 59.2 Å². The molecule has 0 radical (unpaired) electrons. The predicted octanol–water partition coefficient (Wildman–Crippen LogP) is 3.86. The van der Waals surface area contributed by atoms with Crippen LogP contribution in [0.2, 0.25) is 5.02 Å². The Morgan fingerprint density at radius 2 is 2.07 bits per heavy atom. The summed E-state index contributed by atoms with van der Waals surface area (Å²) in [5.74, 6) is 0.258. The maximum absolute atomic E-state index is 12.6. The number of nitrogens with one attached hydrogen (secondary N) is 2. The van der Waals surface area contributed by atoms with E-state index in [1.807, 2.05) is 24.4 Å². The van der Waals surface area contributed by atoms with Crippen LogP contribution in [-0.2, 0) is 16.0 Å². The number of nitrogens with zero attached hydrogens (tertiary/aromatic N) is 1. The largest absolute Gasteiger partial charge is 0.497 e. The minimum Gasteiger partial charge on any atom is -0.497 e. The Balaban J connectivity index is 1.35. The first-order valence-corrected chi connectivity index (χ1v) is 9.89. The van der Waals surface area contributed by atoms with Gasteiger partial charge in [-0.1, -0.05) is 11.6 Å². The van der Waals surface area contributed by atoms with E-state index >= 15 is 0 Å². The summed E-state index contributed by atoms with van der Waals surface area (Å²) >= 11 is 6.11. The lowest BCUT2D eigenvalue weighted by atomic mass is 10.1. The fraction of sp³-hybridized carbons (Fsp3) is 0.273. The van der Waals surface area contributed by atoms with Gasteiger partial charge in [0.05, 0.1) is 13.0 Å². The molecule has 4 rings (SSSR count). The topological polar surface area (TPSA) is 74.4 Å². The van der Waals surface area contributed by atoms with Crippen molar-refractivity contribution in [3.8, 4) is 5.75 Å². The third-order valence-corrected chi connectivity index (χ3v) is 5.56. The quantitative estimate of drug-likeness (QED) is 0.646. The molecule has 1 atom stereocenters. The number of aromatic amines is 1. The molecule has 1 saturated heterocycles. The van der Waals surface area contributed by atoms with E-state index < -0.39 is 0 Å². The number of fused-ring (bicyclic) bond motifs is 1. The molecule has 1 fully saturated rings. The van der Waals surface area contributed by atoms with Gasteiger partial charge in [0.1, 0.15) is 5.75 Å². The Labute approximate surface area is 173 Å². The Hall–Kier alpha value is -2.99. The number of carbonyl (C=O) groups is 2. The molecule has 6 nitrogen and oxygen atoms in total. The van der Waals surface area contributed by atoms with Gasteiger partial charge >= 0.3 is 0 Å². The Morgan fingerprint density at radius 1 is 1.28 bits per heavy atom. The van der Waals surface area contributed by atoms with E-state index in [-0.39, 0.29) is 24.2 Å². The van der Waals surface area contributed by atoms with Crippen molar-refractivity contribution in [3.63, 3.8) is 0 Å². The zero-order valence-electron chi connectivity index (χ0n) is 16.1. The first-order chi connectivity index (χ1) is 14.0. The molecule has 0 unspecified atom stereocenters. The molecular formula is C22H22ClN3O3. The number of hydrogen-bond donors (Lipinski definition) is 2. The number of rotatable bonds is 6. The van der Waals surface area contributed by atoms with Crippen molar-refractivity contribution in [1.29, 1.82) is 0 Å². The van der Waals surface area contributed by atoms with Crippen molar-refractivity contribution in [1.82, 2.24) is 9.88 Å². The number of aromatic nitrogens is 1. The van der Waals surface area contributed by atoms with Crippen molar-refractivity contribution in [2.45, 2.75) is 12.8 Å². The molecule has 1 aliphatic heterocycles. The van der Waals surface area contributed by atoms with Crippen LogP contribution in [0.3, 0.4) is 0 Å². The molecule has 2 N–H and O–H groups in total. The van der Waals surface area contributed by atoms with Gasteiger partial charge in [0.15, 0.2) is 0 Å². The van der Waals surface area contributed by atoms with Crippen molar-refractivity contribution >= 4 is 40.0 Å². The second kappa shape index (κ2) is 8.17. The zero-order valence-corrected chi connectivity index (χ0v) is 16.8. The highest BCUT2D eigenvalue weighted by Gasteiger charge is 2.34. The Bertz CT molecular complexity index is 1050. The van der Waals surface area contributed by atoms with Gasteiger partial charge in [0, 0.05) is 47.3 Å². The zero-order chi connectivity index (χ0) is 20.4. The van der Waals surface area contributed by atoms with Crippen LogP contribution in [0.25, 0.3) is 10.9 Å². The molecule has 0 spiro atoms. The van der Waals surface area contributed by atoms with Gasteiger partial charge in [-0.05, 0) is 54.4 Å². The van der Waals surface area contributed by atoms with E-state index in [9.17, 15) is 9.59 Å². The summed E-state index contributed by atoms with van der Waals surface area (Å²) in [4.78, 5) is 30.0. The highest BCUT2D eigenvalue weighted by atomic mass is 35.5. The molecule has 0 saturated carbocycles. The summed E-state index contributed by atoms with van der Waals surface area (Å²) in [6.45, 7) is 1.01. The Kier molecular flexibility index (Phi) is 5.45. The standard InChI is InChI=1S/C22H22ClN3O3/c1-29-18-5-3-17(4-6-18)25-22(28)15-10-21(27)26(13-15)9-8-14-12-24-20-7-2-16(23)11-19(14)20/h2-7,11-12,15,24H,8-10,13H2,1H3,(H,25,28)/t15-/m1/s1. The molecular weight excluding hydrogens is 390 g/mol. The van der Waals surface area contributed by atoms with Gasteiger partial charge in [-0.3, -0.25) is 9.59 Å². The average Bonchev–Trinajstić information content (AvgIpc) is 3.30. The van der Waals surface area contributed by atoms with Gasteiger partial charge in [-0.15, -0.1) is 0 Å². The highest BCUT2D eigenvalue weighted by Crippen LogP contribution is 2.25. The third kappa shape index (κ3) is 4.22. The fourth-order valence-electron chi connectivity index (χ4n) is 3.70. The van der Waals surface area contributed by atoms with E-state index in [0.29, 0.717) is 30.2 Å². The molecule has 0 aliphatic carbocycles. The van der Waals surface area contributed by atoms with Crippen LogP contribution < -0.4 is 10.1 Å².